The predicted molar refractivity (Wildman–Crippen MR) is 76.7 cm³/mol. The number of nitrogens with one attached hydrogen (secondary N) is 1. The average Bonchev–Trinajstić information content (AvgIpc) is 2.38. The number of rotatable bonds is 5. The van der Waals surface area contributed by atoms with Gasteiger partial charge in [-0.25, -0.2) is 0 Å². The maximum atomic E-state index is 4.22. The highest BCUT2D eigenvalue weighted by molar-refractivity contribution is 5.51. The zero-order valence-corrected chi connectivity index (χ0v) is 11.1. The Morgan fingerprint density at radius 2 is 2.00 bits per heavy atom. The molecular weight excluding hydrogens is 220 g/mol. The number of anilines is 1. The van der Waals surface area contributed by atoms with Crippen molar-refractivity contribution < 1.29 is 0 Å². The first-order valence-corrected chi connectivity index (χ1v) is 6.52. The Morgan fingerprint density at radius 1 is 1.17 bits per heavy atom. The minimum atomic E-state index is 0.829. The van der Waals surface area contributed by atoms with E-state index >= 15 is 0 Å². The van der Waals surface area contributed by atoms with Crippen LogP contribution in [0, 0.1) is 6.92 Å². The van der Waals surface area contributed by atoms with Gasteiger partial charge in [0.2, 0.25) is 0 Å². The first kappa shape index (κ1) is 12.6. The normalized spacial score (nSPS) is 10.3. The summed E-state index contributed by atoms with van der Waals surface area (Å²) in [6.45, 7) is 5.11. The second-order valence-corrected chi connectivity index (χ2v) is 4.63. The van der Waals surface area contributed by atoms with Gasteiger partial charge < -0.3 is 5.32 Å². The molecule has 1 aromatic carbocycles. The number of benzene rings is 1. The Hall–Kier alpha value is -1.83. The Bertz CT molecular complexity index is 506. The summed E-state index contributed by atoms with van der Waals surface area (Å²) >= 11 is 0. The maximum Gasteiger partial charge on any atom is 0.0416 e. The van der Waals surface area contributed by atoms with Crippen LogP contribution in [0.5, 0.6) is 0 Å². The van der Waals surface area contributed by atoms with Gasteiger partial charge in [0.15, 0.2) is 0 Å². The van der Waals surface area contributed by atoms with Crippen LogP contribution in [0.1, 0.15) is 30.0 Å². The van der Waals surface area contributed by atoms with Gasteiger partial charge in [0, 0.05) is 24.6 Å². The average molecular weight is 240 g/mol. The Kier molecular flexibility index (Phi) is 4.35. The number of pyridine rings is 1. The predicted octanol–water partition coefficient (Wildman–Crippen LogP) is 3.95. The molecule has 1 heterocycles. The van der Waals surface area contributed by atoms with E-state index in [1.807, 2.05) is 12.4 Å². The van der Waals surface area contributed by atoms with Crippen molar-refractivity contribution in [2.24, 2.45) is 0 Å². The van der Waals surface area contributed by atoms with Gasteiger partial charge >= 0.3 is 0 Å². The highest BCUT2D eigenvalue weighted by atomic mass is 14.9. The molecule has 1 N–H and O–H groups in total. The van der Waals surface area contributed by atoms with Gasteiger partial charge in [-0.3, -0.25) is 4.98 Å². The molecule has 0 amide bonds. The van der Waals surface area contributed by atoms with Crippen LogP contribution in [-0.2, 0) is 13.0 Å². The molecule has 0 aliphatic carbocycles. The molecule has 94 valence electrons. The van der Waals surface area contributed by atoms with Gasteiger partial charge in [0.05, 0.1) is 0 Å². The van der Waals surface area contributed by atoms with Crippen molar-refractivity contribution in [1.29, 1.82) is 0 Å². The molecule has 18 heavy (non-hydrogen) atoms. The van der Waals surface area contributed by atoms with Crippen molar-refractivity contribution in [2.45, 2.75) is 33.2 Å². The van der Waals surface area contributed by atoms with Crippen molar-refractivity contribution in [1.82, 2.24) is 4.98 Å². The monoisotopic (exact) mass is 240 g/mol. The zero-order valence-electron chi connectivity index (χ0n) is 11.1. The van der Waals surface area contributed by atoms with Crippen molar-refractivity contribution in [3.8, 4) is 0 Å². The number of nitrogens with zero attached hydrogens (tertiary/aromatic N) is 1. The summed E-state index contributed by atoms with van der Waals surface area (Å²) in [6.07, 6.45) is 6.09. The third-order valence-electron chi connectivity index (χ3n) is 2.95. The second kappa shape index (κ2) is 6.20. The SMILES string of the molecule is CCCc1ccccc1NCc1cncc(C)c1. The molecule has 2 aromatic rings. The van der Waals surface area contributed by atoms with E-state index in [2.05, 4.69) is 54.5 Å². The molecule has 2 nitrogen and oxygen atoms in total. The smallest absolute Gasteiger partial charge is 0.0416 e. The molecule has 0 aliphatic rings. The van der Waals surface area contributed by atoms with E-state index < -0.39 is 0 Å². The Morgan fingerprint density at radius 3 is 2.78 bits per heavy atom. The highest BCUT2D eigenvalue weighted by Crippen LogP contribution is 2.17. The molecule has 0 saturated heterocycles. The minimum absolute atomic E-state index is 0.829. The van der Waals surface area contributed by atoms with Gasteiger partial charge in [-0.15, -0.1) is 0 Å². The summed E-state index contributed by atoms with van der Waals surface area (Å²) in [6, 6.07) is 10.7. The molecule has 2 rings (SSSR count). The van der Waals surface area contributed by atoms with Crippen LogP contribution in [0.15, 0.2) is 42.7 Å². The first-order valence-electron chi connectivity index (χ1n) is 6.52. The van der Waals surface area contributed by atoms with Crippen LogP contribution in [0.2, 0.25) is 0 Å². The van der Waals surface area contributed by atoms with Gasteiger partial charge in [-0.1, -0.05) is 37.6 Å². The van der Waals surface area contributed by atoms with E-state index in [9.17, 15) is 0 Å². The van der Waals surface area contributed by atoms with Gasteiger partial charge in [0.1, 0.15) is 0 Å². The van der Waals surface area contributed by atoms with E-state index in [-0.39, 0.29) is 0 Å². The molecule has 1 aromatic heterocycles. The molecule has 0 bridgehead atoms. The van der Waals surface area contributed by atoms with Crippen LogP contribution in [0.4, 0.5) is 5.69 Å². The quantitative estimate of drug-likeness (QED) is 0.855. The second-order valence-electron chi connectivity index (χ2n) is 4.63. The molecule has 0 atom stereocenters. The summed E-state index contributed by atoms with van der Waals surface area (Å²) in [5.74, 6) is 0. The largest absolute Gasteiger partial charge is 0.381 e. The van der Waals surface area contributed by atoms with Crippen molar-refractivity contribution in [3.63, 3.8) is 0 Å². The molecule has 0 fully saturated rings. The van der Waals surface area contributed by atoms with Crippen LogP contribution in [0.3, 0.4) is 0 Å². The molecule has 0 saturated carbocycles. The van der Waals surface area contributed by atoms with Crippen molar-refractivity contribution in [3.05, 3.63) is 59.4 Å². The number of hydrogen-bond acceptors (Lipinski definition) is 2. The third-order valence-corrected chi connectivity index (χ3v) is 2.95. The van der Waals surface area contributed by atoms with Crippen molar-refractivity contribution in [2.75, 3.05) is 5.32 Å². The van der Waals surface area contributed by atoms with E-state index in [4.69, 9.17) is 0 Å². The zero-order chi connectivity index (χ0) is 12.8. The van der Waals surface area contributed by atoms with Gasteiger partial charge in [-0.05, 0) is 36.1 Å². The molecule has 0 radical (unpaired) electrons. The third kappa shape index (κ3) is 3.33. The van der Waals surface area contributed by atoms with Gasteiger partial charge in [0.25, 0.3) is 0 Å². The summed E-state index contributed by atoms with van der Waals surface area (Å²) in [4.78, 5) is 4.22. The number of aryl methyl sites for hydroxylation is 2. The fraction of sp³-hybridized carbons (Fsp3) is 0.312. The fourth-order valence-corrected chi connectivity index (χ4v) is 2.09. The van der Waals surface area contributed by atoms with Crippen LogP contribution in [-0.4, -0.2) is 4.98 Å². The highest BCUT2D eigenvalue weighted by Gasteiger charge is 2.00. The van der Waals surface area contributed by atoms with Gasteiger partial charge in [-0.2, -0.15) is 0 Å². The lowest BCUT2D eigenvalue weighted by Gasteiger charge is -2.11. The van der Waals surface area contributed by atoms with Crippen molar-refractivity contribution >= 4 is 5.69 Å². The summed E-state index contributed by atoms with van der Waals surface area (Å²) in [5, 5.41) is 3.50. The summed E-state index contributed by atoms with van der Waals surface area (Å²) in [5.41, 5.74) is 5.05. The number of aromatic nitrogens is 1. The lowest BCUT2D eigenvalue weighted by atomic mass is 10.1. The lowest BCUT2D eigenvalue weighted by molar-refractivity contribution is 0.919. The fourth-order valence-electron chi connectivity index (χ4n) is 2.09. The molecular formula is C16H20N2. The molecule has 0 aliphatic heterocycles. The van der Waals surface area contributed by atoms with E-state index in [1.54, 1.807) is 0 Å². The maximum absolute atomic E-state index is 4.22. The summed E-state index contributed by atoms with van der Waals surface area (Å²) < 4.78 is 0. The van der Waals surface area contributed by atoms with E-state index in [1.165, 1.54) is 28.8 Å². The lowest BCUT2D eigenvalue weighted by Crippen LogP contribution is -2.03. The topological polar surface area (TPSA) is 24.9 Å². The minimum Gasteiger partial charge on any atom is -0.381 e. The van der Waals surface area contributed by atoms with Crippen LogP contribution >= 0.6 is 0 Å². The number of para-hydroxylation sites is 1. The van der Waals surface area contributed by atoms with E-state index in [0.29, 0.717) is 0 Å². The van der Waals surface area contributed by atoms with E-state index in [0.717, 1.165) is 13.0 Å². The van der Waals surface area contributed by atoms with Crippen LogP contribution in [0.25, 0.3) is 0 Å². The first-order chi connectivity index (χ1) is 8.79. The molecule has 0 spiro atoms. The number of hydrogen-bond donors (Lipinski definition) is 1. The molecule has 0 unspecified atom stereocenters. The Balaban J connectivity index is 2.06. The Labute approximate surface area is 109 Å². The molecule has 2 heteroatoms. The standard InChI is InChI=1S/C16H20N2/c1-3-6-15-7-4-5-8-16(15)18-12-14-9-13(2)10-17-11-14/h4-5,7-11,18H,3,6,12H2,1-2H3. The van der Waals surface area contributed by atoms with Crippen LogP contribution < -0.4 is 5.32 Å². The summed E-state index contributed by atoms with van der Waals surface area (Å²) in [7, 11) is 0.